The van der Waals surface area contributed by atoms with Crippen LogP contribution >= 0.6 is 0 Å². The Kier molecular flexibility index (Phi) is 7.39. The highest BCUT2D eigenvalue weighted by atomic mass is 16.4. The van der Waals surface area contributed by atoms with Gasteiger partial charge in [-0.2, -0.15) is 0 Å². The molecular weight excluding hydrogens is 190 g/mol. The average molecular weight is 215 g/mol. The molecule has 0 spiro atoms. The van der Waals surface area contributed by atoms with Crippen molar-refractivity contribution in [3.63, 3.8) is 0 Å². The van der Waals surface area contributed by atoms with Gasteiger partial charge in [0.15, 0.2) is 0 Å². The molecule has 0 saturated heterocycles. The summed E-state index contributed by atoms with van der Waals surface area (Å²) >= 11 is 0. The first-order chi connectivity index (χ1) is 7.04. The van der Waals surface area contributed by atoms with Gasteiger partial charge in [-0.1, -0.05) is 33.1 Å². The minimum absolute atomic E-state index is 0.313. The number of carbonyl (C=O) groups is 1. The van der Waals surface area contributed by atoms with Crippen LogP contribution in [0.25, 0.3) is 0 Å². The van der Waals surface area contributed by atoms with Crippen LogP contribution < -0.4 is 0 Å². The van der Waals surface area contributed by atoms with E-state index >= 15 is 0 Å². The summed E-state index contributed by atoms with van der Waals surface area (Å²) in [7, 11) is 1.93. The Labute approximate surface area is 93.5 Å². The van der Waals surface area contributed by atoms with Crippen molar-refractivity contribution < 1.29 is 9.90 Å². The fraction of sp³-hybridized carbons (Fsp3) is 0.917. The zero-order chi connectivity index (χ0) is 11.8. The number of nitrogens with zero attached hydrogens (tertiary/aromatic N) is 1. The highest BCUT2D eigenvalue weighted by Crippen LogP contribution is 2.13. The van der Waals surface area contributed by atoms with Crippen molar-refractivity contribution in [3.8, 4) is 0 Å². The first-order valence-corrected chi connectivity index (χ1v) is 5.99. The standard InChI is InChI=1S/C12H25NO2/c1-5-7-9-11(12(14)15)13(4)10(3)8-6-2/h10-11H,5-9H2,1-4H3,(H,14,15). The Hall–Kier alpha value is -0.570. The topological polar surface area (TPSA) is 40.5 Å². The second-order valence-corrected chi connectivity index (χ2v) is 4.30. The van der Waals surface area contributed by atoms with Crippen molar-refractivity contribution in [1.29, 1.82) is 0 Å². The zero-order valence-electron chi connectivity index (χ0n) is 10.5. The number of carboxylic acids is 1. The van der Waals surface area contributed by atoms with Crippen LogP contribution in [0.4, 0.5) is 0 Å². The maximum absolute atomic E-state index is 11.1. The Morgan fingerprint density at radius 2 is 1.87 bits per heavy atom. The lowest BCUT2D eigenvalue weighted by Crippen LogP contribution is -2.43. The van der Waals surface area contributed by atoms with Gasteiger partial charge < -0.3 is 5.11 Å². The summed E-state index contributed by atoms with van der Waals surface area (Å²) in [6.45, 7) is 6.33. The minimum atomic E-state index is -0.686. The monoisotopic (exact) mass is 215 g/mol. The maximum Gasteiger partial charge on any atom is 0.320 e. The molecule has 0 rings (SSSR count). The predicted molar refractivity (Wildman–Crippen MR) is 63.1 cm³/mol. The number of rotatable bonds is 8. The summed E-state index contributed by atoms with van der Waals surface area (Å²) in [5.41, 5.74) is 0. The molecule has 0 aliphatic carbocycles. The van der Waals surface area contributed by atoms with Gasteiger partial charge in [-0.15, -0.1) is 0 Å². The van der Waals surface area contributed by atoms with Crippen LogP contribution in [0.3, 0.4) is 0 Å². The van der Waals surface area contributed by atoms with E-state index in [2.05, 4.69) is 20.8 Å². The summed E-state index contributed by atoms with van der Waals surface area (Å²) in [5.74, 6) is -0.686. The Morgan fingerprint density at radius 1 is 1.27 bits per heavy atom. The quantitative estimate of drug-likeness (QED) is 0.677. The highest BCUT2D eigenvalue weighted by molar-refractivity contribution is 5.73. The second-order valence-electron chi connectivity index (χ2n) is 4.30. The van der Waals surface area contributed by atoms with Crippen molar-refractivity contribution >= 4 is 5.97 Å². The third kappa shape index (κ3) is 5.17. The van der Waals surface area contributed by atoms with Gasteiger partial charge in [0, 0.05) is 6.04 Å². The summed E-state index contributed by atoms with van der Waals surface area (Å²) in [6.07, 6.45) is 4.97. The number of carboxylic acid groups (broad SMARTS) is 1. The molecule has 2 atom stereocenters. The molecule has 3 heteroatoms. The molecule has 15 heavy (non-hydrogen) atoms. The van der Waals surface area contributed by atoms with E-state index in [1.807, 2.05) is 11.9 Å². The molecule has 0 amide bonds. The molecule has 0 aliphatic rings. The number of likely N-dealkylation sites (N-methyl/N-ethyl adjacent to an activating group) is 1. The van der Waals surface area contributed by atoms with Crippen molar-refractivity contribution in [2.45, 2.75) is 65.0 Å². The summed E-state index contributed by atoms with van der Waals surface area (Å²) in [5, 5.41) is 9.15. The zero-order valence-corrected chi connectivity index (χ0v) is 10.5. The Bertz CT molecular complexity index is 182. The summed E-state index contributed by atoms with van der Waals surface area (Å²) < 4.78 is 0. The minimum Gasteiger partial charge on any atom is -0.480 e. The van der Waals surface area contributed by atoms with Gasteiger partial charge >= 0.3 is 5.97 Å². The third-order valence-corrected chi connectivity index (χ3v) is 3.01. The third-order valence-electron chi connectivity index (χ3n) is 3.01. The van der Waals surface area contributed by atoms with E-state index in [0.717, 1.165) is 32.1 Å². The molecule has 0 fully saturated rings. The van der Waals surface area contributed by atoms with Gasteiger partial charge in [0.1, 0.15) is 6.04 Å². The van der Waals surface area contributed by atoms with E-state index in [1.54, 1.807) is 0 Å². The van der Waals surface area contributed by atoms with E-state index < -0.39 is 5.97 Å². The largest absolute Gasteiger partial charge is 0.480 e. The normalized spacial score (nSPS) is 15.3. The van der Waals surface area contributed by atoms with Gasteiger partial charge in [0.2, 0.25) is 0 Å². The predicted octanol–water partition coefficient (Wildman–Crippen LogP) is 2.75. The van der Waals surface area contributed by atoms with Crippen LogP contribution in [0.15, 0.2) is 0 Å². The van der Waals surface area contributed by atoms with E-state index in [1.165, 1.54) is 0 Å². The van der Waals surface area contributed by atoms with E-state index in [-0.39, 0.29) is 6.04 Å². The number of aliphatic carboxylic acids is 1. The molecule has 0 aromatic heterocycles. The maximum atomic E-state index is 11.1. The molecule has 2 unspecified atom stereocenters. The van der Waals surface area contributed by atoms with Gasteiger partial charge in [0.05, 0.1) is 0 Å². The van der Waals surface area contributed by atoms with Gasteiger partial charge in [-0.3, -0.25) is 9.69 Å². The number of hydrogen-bond donors (Lipinski definition) is 1. The fourth-order valence-electron chi connectivity index (χ4n) is 1.83. The fourth-order valence-corrected chi connectivity index (χ4v) is 1.83. The van der Waals surface area contributed by atoms with Crippen LogP contribution in [-0.2, 0) is 4.79 Å². The molecule has 1 N–H and O–H groups in total. The molecule has 0 aromatic carbocycles. The Balaban J connectivity index is 4.26. The lowest BCUT2D eigenvalue weighted by molar-refractivity contribution is -0.144. The van der Waals surface area contributed by atoms with Gasteiger partial charge in [-0.25, -0.2) is 0 Å². The lowest BCUT2D eigenvalue weighted by atomic mass is 10.1. The van der Waals surface area contributed by atoms with Gasteiger partial charge in [0.25, 0.3) is 0 Å². The van der Waals surface area contributed by atoms with Crippen molar-refractivity contribution in [2.24, 2.45) is 0 Å². The van der Waals surface area contributed by atoms with E-state index in [4.69, 9.17) is 5.11 Å². The van der Waals surface area contributed by atoms with Crippen LogP contribution in [-0.4, -0.2) is 35.1 Å². The van der Waals surface area contributed by atoms with Crippen LogP contribution in [0, 0.1) is 0 Å². The molecule has 0 heterocycles. The molecular formula is C12H25NO2. The SMILES string of the molecule is CCCCC(C(=O)O)N(C)C(C)CCC. The lowest BCUT2D eigenvalue weighted by Gasteiger charge is -2.30. The summed E-state index contributed by atoms with van der Waals surface area (Å²) in [4.78, 5) is 13.1. The van der Waals surface area contributed by atoms with Crippen LogP contribution in [0.2, 0.25) is 0 Å². The van der Waals surface area contributed by atoms with Crippen LogP contribution in [0.5, 0.6) is 0 Å². The molecule has 90 valence electrons. The molecule has 0 bridgehead atoms. The van der Waals surface area contributed by atoms with Crippen LogP contribution in [0.1, 0.15) is 52.9 Å². The molecule has 0 saturated carbocycles. The van der Waals surface area contributed by atoms with Gasteiger partial charge in [-0.05, 0) is 26.8 Å². The average Bonchev–Trinajstić information content (AvgIpc) is 2.18. The molecule has 0 aliphatic heterocycles. The van der Waals surface area contributed by atoms with E-state index in [9.17, 15) is 4.79 Å². The van der Waals surface area contributed by atoms with Crippen molar-refractivity contribution in [2.75, 3.05) is 7.05 Å². The van der Waals surface area contributed by atoms with Crippen molar-refractivity contribution in [3.05, 3.63) is 0 Å². The smallest absolute Gasteiger partial charge is 0.320 e. The van der Waals surface area contributed by atoms with Crippen molar-refractivity contribution in [1.82, 2.24) is 4.90 Å². The Morgan fingerprint density at radius 3 is 2.27 bits per heavy atom. The second kappa shape index (κ2) is 7.69. The number of unbranched alkanes of at least 4 members (excludes halogenated alkanes) is 1. The molecule has 0 aromatic rings. The van der Waals surface area contributed by atoms with E-state index in [0.29, 0.717) is 6.04 Å². The first-order valence-electron chi connectivity index (χ1n) is 5.99. The molecule has 0 radical (unpaired) electrons. The molecule has 3 nitrogen and oxygen atoms in total. The first kappa shape index (κ1) is 14.4. The summed E-state index contributed by atoms with van der Waals surface area (Å²) in [6, 6.07) is 0.0412. The number of hydrogen-bond acceptors (Lipinski definition) is 2. The highest BCUT2D eigenvalue weighted by Gasteiger charge is 2.24.